The summed E-state index contributed by atoms with van der Waals surface area (Å²) in [7, 11) is 0. The molecule has 0 radical (unpaired) electrons. The Bertz CT molecular complexity index is 753. The molecule has 0 saturated heterocycles. The molecule has 1 atom stereocenters. The smallest absolute Gasteiger partial charge is 0.332 e. The average molecular weight is 345 g/mol. The van der Waals surface area contributed by atoms with Crippen molar-refractivity contribution in [1.82, 2.24) is 0 Å². The number of carboxylic acids is 2. The zero-order chi connectivity index (χ0) is 17.5. The number of aliphatic carboxylic acids is 2. The highest BCUT2D eigenvalue weighted by Gasteiger charge is 2.23. The topological polar surface area (TPSA) is 74.6 Å². The Morgan fingerprint density at radius 1 is 0.958 bits per heavy atom. The Morgan fingerprint density at radius 2 is 1.58 bits per heavy atom. The molecule has 24 heavy (non-hydrogen) atoms. The minimum absolute atomic E-state index is 0.133. The number of halogens is 1. The predicted molar refractivity (Wildman–Crippen MR) is 92.1 cm³/mol. The van der Waals surface area contributed by atoms with Crippen molar-refractivity contribution in [2.24, 2.45) is 5.92 Å². The van der Waals surface area contributed by atoms with Gasteiger partial charge < -0.3 is 10.2 Å². The number of hydrogen-bond donors (Lipinski definition) is 2. The van der Waals surface area contributed by atoms with Crippen molar-refractivity contribution in [2.45, 2.75) is 12.8 Å². The van der Waals surface area contributed by atoms with Crippen molar-refractivity contribution in [2.75, 3.05) is 0 Å². The number of hydrogen-bond acceptors (Lipinski definition) is 2. The third kappa shape index (κ3) is 4.96. The molecule has 0 fully saturated rings. The van der Waals surface area contributed by atoms with E-state index in [-0.39, 0.29) is 5.57 Å². The van der Waals surface area contributed by atoms with Crippen LogP contribution >= 0.6 is 11.6 Å². The van der Waals surface area contributed by atoms with Crippen LogP contribution in [0.3, 0.4) is 0 Å². The van der Waals surface area contributed by atoms with Gasteiger partial charge in [0.1, 0.15) is 0 Å². The van der Waals surface area contributed by atoms with Crippen LogP contribution in [0.4, 0.5) is 0 Å². The van der Waals surface area contributed by atoms with Gasteiger partial charge >= 0.3 is 11.9 Å². The van der Waals surface area contributed by atoms with Crippen LogP contribution < -0.4 is 0 Å². The molecule has 0 aliphatic carbocycles. The molecule has 0 saturated carbocycles. The molecular formula is C19H17ClO4. The number of carboxylic acid groups (broad SMARTS) is 2. The Kier molecular flexibility index (Phi) is 6.15. The van der Waals surface area contributed by atoms with Crippen LogP contribution in [0.2, 0.25) is 5.02 Å². The maximum absolute atomic E-state index is 11.6. The Hall–Kier alpha value is -2.59. The quantitative estimate of drug-likeness (QED) is 0.748. The average Bonchev–Trinajstić information content (AvgIpc) is 2.54. The highest BCUT2D eigenvalue weighted by molar-refractivity contribution is 6.31. The first-order valence-electron chi connectivity index (χ1n) is 7.42. The van der Waals surface area contributed by atoms with Crippen molar-refractivity contribution >= 4 is 23.5 Å². The standard InChI is InChI=1S/C19H17ClO4/c20-17-9-5-4-8-14(17)11-15(10-13-6-2-1-3-7-13)16(19(23)24)12-18(21)22/h1-9,12,15H,10-11H2,(H,21,22)(H,23,24). The van der Waals surface area contributed by atoms with Crippen LogP contribution in [0.1, 0.15) is 11.1 Å². The number of benzene rings is 2. The van der Waals surface area contributed by atoms with Gasteiger partial charge in [-0.3, -0.25) is 0 Å². The van der Waals surface area contributed by atoms with Gasteiger partial charge in [0.25, 0.3) is 0 Å². The van der Waals surface area contributed by atoms with Crippen molar-refractivity contribution in [1.29, 1.82) is 0 Å². The Labute approximate surface area is 145 Å². The molecule has 2 rings (SSSR count). The molecule has 0 aromatic heterocycles. The molecule has 0 spiro atoms. The zero-order valence-electron chi connectivity index (χ0n) is 12.9. The molecule has 0 heterocycles. The molecule has 1 unspecified atom stereocenters. The van der Waals surface area contributed by atoms with Crippen molar-refractivity contribution in [3.8, 4) is 0 Å². The van der Waals surface area contributed by atoms with Gasteiger partial charge in [-0.1, -0.05) is 60.1 Å². The van der Waals surface area contributed by atoms with Crippen LogP contribution in [-0.2, 0) is 22.4 Å². The van der Waals surface area contributed by atoms with Crippen molar-refractivity contribution in [3.05, 3.63) is 82.4 Å². The molecule has 5 heteroatoms. The molecule has 0 aliphatic rings. The van der Waals surface area contributed by atoms with Gasteiger partial charge in [0.15, 0.2) is 0 Å². The first kappa shape index (κ1) is 17.8. The molecule has 2 N–H and O–H groups in total. The van der Waals surface area contributed by atoms with Gasteiger partial charge in [0.2, 0.25) is 0 Å². The van der Waals surface area contributed by atoms with Crippen LogP contribution in [0.5, 0.6) is 0 Å². The van der Waals surface area contributed by atoms with Crippen LogP contribution in [-0.4, -0.2) is 22.2 Å². The molecular weight excluding hydrogens is 328 g/mol. The van der Waals surface area contributed by atoms with E-state index in [1.807, 2.05) is 42.5 Å². The van der Waals surface area contributed by atoms with Crippen molar-refractivity contribution in [3.63, 3.8) is 0 Å². The SMILES string of the molecule is O=C(O)C=C(C(=O)O)C(Cc1ccccc1)Cc1ccccc1Cl. The lowest BCUT2D eigenvalue weighted by atomic mass is 9.86. The highest BCUT2D eigenvalue weighted by atomic mass is 35.5. The molecule has 0 bridgehead atoms. The third-order valence-corrected chi connectivity index (χ3v) is 4.08. The normalized spacial score (nSPS) is 12.6. The summed E-state index contributed by atoms with van der Waals surface area (Å²) in [6.07, 6.45) is 1.53. The second-order valence-corrected chi connectivity index (χ2v) is 5.83. The first-order chi connectivity index (χ1) is 11.5. The summed E-state index contributed by atoms with van der Waals surface area (Å²) in [6, 6.07) is 16.5. The number of carbonyl (C=O) groups is 2. The molecule has 124 valence electrons. The van der Waals surface area contributed by atoms with E-state index in [0.29, 0.717) is 17.9 Å². The highest BCUT2D eigenvalue weighted by Crippen LogP contribution is 2.26. The summed E-state index contributed by atoms with van der Waals surface area (Å²) in [5, 5.41) is 19.0. The largest absolute Gasteiger partial charge is 0.478 e. The molecule has 0 amide bonds. The van der Waals surface area contributed by atoms with Gasteiger partial charge in [-0.2, -0.15) is 0 Å². The lowest BCUT2D eigenvalue weighted by molar-refractivity contribution is -0.135. The zero-order valence-corrected chi connectivity index (χ0v) is 13.6. The minimum Gasteiger partial charge on any atom is -0.478 e. The van der Waals surface area contributed by atoms with Gasteiger partial charge in [-0.25, -0.2) is 9.59 Å². The Balaban J connectivity index is 2.38. The van der Waals surface area contributed by atoms with Crippen LogP contribution in [0, 0.1) is 5.92 Å². The van der Waals surface area contributed by atoms with E-state index < -0.39 is 17.9 Å². The lowest BCUT2D eigenvalue weighted by Gasteiger charge is -2.18. The predicted octanol–water partition coefficient (Wildman–Crippen LogP) is 3.84. The van der Waals surface area contributed by atoms with Crippen LogP contribution in [0.25, 0.3) is 0 Å². The van der Waals surface area contributed by atoms with Gasteiger partial charge in [-0.15, -0.1) is 0 Å². The second-order valence-electron chi connectivity index (χ2n) is 5.43. The van der Waals surface area contributed by atoms with Crippen molar-refractivity contribution < 1.29 is 19.8 Å². The minimum atomic E-state index is -1.27. The van der Waals surface area contributed by atoms with E-state index in [9.17, 15) is 14.7 Å². The van der Waals surface area contributed by atoms with E-state index in [2.05, 4.69) is 0 Å². The summed E-state index contributed by atoms with van der Waals surface area (Å²) in [4.78, 5) is 22.6. The summed E-state index contributed by atoms with van der Waals surface area (Å²) in [6.45, 7) is 0. The van der Waals surface area contributed by atoms with Gasteiger partial charge in [-0.05, 0) is 36.0 Å². The summed E-state index contributed by atoms with van der Waals surface area (Å²) in [5.41, 5.74) is 1.59. The Morgan fingerprint density at radius 3 is 2.17 bits per heavy atom. The number of rotatable bonds is 7. The van der Waals surface area contributed by atoms with Gasteiger partial charge in [0, 0.05) is 16.7 Å². The summed E-state index contributed by atoms with van der Waals surface area (Å²) in [5.74, 6) is -3.00. The monoisotopic (exact) mass is 344 g/mol. The fourth-order valence-corrected chi connectivity index (χ4v) is 2.82. The van der Waals surface area contributed by atoms with Gasteiger partial charge in [0.05, 0.1) is 0 Å². The summed E-state index contributed by atoms with van der Waals surface area (Å²) >= 11 is 6.18. The van der Waals surface area contributed by atoms with E-state index in [1.165, 1.54) is 0 Å². The fourth-order valence-electron chi connectivity index (χ4n) is 2.61. The van der Waals surface area contributed by atoms with E-state index in [1.54, 1.807) is 12.1 Å². The molecule has 4 nitrogen and oxygen atoms in total. The maximum atomic E-state index is 11.6. The molecule has 2 aromatic carbocycles. The third-order valence-electron chi connectivity index (χ3n) is 3.71. The molecule has 0 aliphatic heterocycles. The molecule has 2 aromatic rings. The lowest BCUT2D eigenvalue weighted by Crippen LogP contribution is -2.19. The fraction of sp³-hybridized carbons (Fsp3) is 0.158. The van der Waals surface area contributed by atoms with E-state index in [0.717, 1.165) is 17.2 Å². The maximum Gasteiger partial charge on any atom is 0.332 e. The van der Waals surface area contributed by atoms with E-state index in [4.69, 9.17) is 16.7 Å². The summed E-state index contributed by atoms with van der Waals surface area (Å²) < 4.78 is 0. The van der Waals surface area contributed by atoms with Crippen LogP contribution in [0.15, 0.2) is 66.2 Å². The first-order valence-corrected chi connectivity index (χ1v) is 7.80. The van der Waals surface area contributed by atoms with E-state index >= 15 is 0 Å². The second kappa shape index (κ2) is 8.31.